The molecule has 1 saturated carbocycles. The molecule has 0 saturated heterocycles. The first-order valence-corrected chi connectivity index (χ1v) is 6.72. The van der Waals surface area contributed by atoms with Gasteiger partial charge in [0.1, 0.15) is 16.9 Å². The lowest BCUT2D eigenvalue weighted by Gasteiger charge is -2.29. The van der Waals surface area contributed by atoms with Gasteiger partial charge in [-0.1, -0.05) is 0 Å². The largest absolute Gasteiger partial charge is 0.375 e. The molecule has 2 aromatic rings. The van der Waals surface area contributed by atoms with Crippen LogP contribution in [0, 0.1) is 0 Å². The Labute approximate surface area is 104 Å². The number of nitrogens with one attached hydrogen (secondary N) is 1. The van der Waals surface area contributed by atoms with E-state index in [2.05, 4.69) is 15.3 Å². The Balaban J connectivity index is 2.12. The summed E-state index contributed by atoms with van der Waals surface area (Å²) in [6.07, 6.45) is 4.38. The van der Waals surface area contributed by atoms with Crippen molar-refractivity contribution in [1.82, 2.24) is 15.3 Å². The van der Waals surface area contributed by atoms with E-state index in [4.69, 9.17) is 0 Å². The third-order valence-electron chi connectivity index (χ3n) is 3.68. The maximum Gasteiger partial charge on any atom is 0.126 e. The lowest BCUT2D eigenvalue weighted by atomic mass is 9.94. The van der Waals surface area contributed by atoms with Crippen molar-refractivity contribution in [3.8, 4) is 0 Å². The summed E-state index contributed by atoms with van der Waals surface area (Å²) < 4.78 is 0. The third-order valence-corrected chi connectivity index (χ3v) is 4.50. The van der Waals surface area contributed by atoms with E-state index in [1.807, 2.05) is 18.5 Å². The van der Waals surface area contributed by atoms with Gasteiger partial charge in [-0.25, -0.2) is 9.97 Å². The highest BCUT2D eigenvalue weighted by molar-refractivity contribution is 7.16. The van der Waals surface area contributed by atoms with Crippen LogP contribution in [0.3, 0.4) is 0 Å². The number of fused-ring (bicyclic) bond motifs is 1. The normalized spacial score (nSPS) is 28.9. The summed E-state index contributed by atoms with van der Waals surface area (Å²) in [4.78, 5) is 9.65. The molecule has 2 atom stereocenters. The Morgan fingerprint density at radius 1 is 1.53 bits per heavy atom. The van der Waals surface area contributed by atoms with Crippen LogP contribution in [-0.2, 0) is 0 Å². The van der Waals surface area contributed by atoms with E-state index in [1.54, 1.807) is 17.7 Å². The average molecular weight is 249 g/mol. The quantitative estimate of drug-likeness (QED) is 0.798. The molecule has 2 aromatic heterocycles. The first-order chi connectivity index (χ1) is 8.24. The average Bonchev–Trinajstić information content (AvgIpc) is 2.95. The summed E-state index contributed by atoms with van der Waals surface area (Å²) in [5, 5.41) is 16.7. The Morgan fingerprint density at radius 2 is 2.41 bits per heavy atom. The topological polar surface area (TPSA) is 58.0 Å². The van der Waals surface area contributed by atoms with Crippen LogP contribution >= 0.6 is 11.3 Å². The summed E-state index contributed by atoms with van der Waals surface area (Å²) in [5.74, 6) is 0.0626. The van der Waals surface area contributed by atoms with E-state index in [0.717, 1.165) is 35.2 Å². The van der Waals surface area contributed by atoms with Crippen LogP contribution in [0.15, 0.2) is 17.8 Å². The molecule has 2 heterocycles. The minimum Gasteiger partial charge on any atom is -0.375 e. The first-order valence-electron chi connectivity index (χ1n) is 5.84. The molecule has 0 aromatic carbocycles. The Morgan fingerprint density at radius 3 is 3.24 bits per heavy atom. The molecule has 1 fully saturated rings. The summed E-state index contributed by atoms with van der Waals surface area (Å²) in [5.41, 5.74) is 0.161. The molecular formula is C12H15N3OS. The van der Waals surface area contributed by atoms with E-state index >= 15 is 0 Å². The van der Waals surface area contributed by atoms with Crippen molar-refractivity contribution >= 4 is 21.6 Å². The SMILES string of the molecule is CNC1(O)CCCC1c1ncnc2sccc12. The number of nitrogens with zero attached hydrogens (tertiary/aromatic N) is 2. The lowest BCUT2D eigenvalue weighted by molar-refractivity contribution is 0.00226. The van der Waals surface area contributed by atoms with Gasteiger partial charge in [-0.05, 0) is 37.8 Å². The zero-order valence-electron chi connectivity index (χ0n) is 9.68. The maximum absolute atomic E-state index is 10.5. The second-order valence-corrected chi connectivity index (χ2v) is 5.41. The molecule has 2 N–H and O–H groups in total. The molecule has 2 unspecified atom stereocenters. The maximum atomic E-state index is 10.5. The van der Waals surface area contributed by atoms with E-state index in [0.29, 0.717) is 0 Å². The van der Waals surface area contributed by atoms with Crippen molar-refractivity contribution in [2.45, 2.75) is 30.9 Å². The minimum absolute atomic E-state index is 0.0626. The molecule has 0 bridgehead atoms. The highest BCUT2D eigenvalue weighted by Crippen LogP contribution is 2.42. The second kappa shape index (κ2) is 4.01. The predicted octanol–water partition coefficient (Wildman–Crippen LogP) is 1.87. The number of thiophene rings is 1. The Bertz CT molecular complexity index is 541. The van der Waals surface area contributed by atoms with Crippen molar-refractivity contribution in [2.24, 2.45) is 0 Å². The monoisotopic (exact) mass is 249 g/mol. The van der Waals surface area contributed by atoms with E-state index in [9.17, 15) is 5.11 Å². The van der Waals surface area contributed by atoms with Crippen LogP contribution in [0.2, 0.25) is 0 Å². The molecule has 5 heteroatoms. The predicted molar refractivity (Wildman–Crippen MR) is 68.0 cm³/mol. The number of hydrogen-bond donors (Lipinski definition) is 2. The molecule has 4 nitrogen and oxygen atoms in total. The fourth-order valence-corrected chi connectivity index (χ4v) is 3.48. The Kier molecular flexibility index (Phi) is 2.61. The minimum atomic E-state index is -0.816. The van der Waals surface area contributed by atoms with E-state index in [1.165, 1.54) is 0 Å². The molecule has 0 amide bonds. The number of likely N-dealkylation sites (N-methyl/N-ethyl adjacent to an activating group) is 1. The third kappa shape index (κ3) is 1.66. The summed E-state index contributed by atoms with van der Waals surface area (Å²) >= 11 is 1.61. The molecule has 1 aliphatic rings. The van der Waals surface area contributed by atoms with Gasteiger partial charge in [0.2, 0.25) is 0 Å². The lowest BCUT2D eigenvalue weighted by Crippen LogP contribution is -2.45. The highest BCUT2D eigenvalue weighted by Gasteiger charge is 2.42. The van der Waals surface area contributed by atoms with Gasteiger partial charge in [0, 0.05) is 11.3 Å². The first kappa shape index (κ1) is 11.1. The molecule has 0 aliphatic heterocycles. The molecule has 1 aliphatic carbocycles. The summed E-state index contributed by atoms with van der Waals surface area (Å²) in [6.45, 7) is 0. The fourth-order valence-electron chi connectivity index (χ4n) is 2.74. The molecule has 3 rings (SSSR count). The van der Waals surface area contributed by atoms with Crippen molar-refractivity contribution < 1.29 is 5.11 Å². The van der Waals surface area contributed by atoms with Gasteiger partial charge in [-0.15, -0.1) is 11.3 Å². The van der Waals surface area contributed by atoms with Gasteiger partial charge >= 0.3 is 0 Å². The standard InChI is InChI=1S/C12H15N3OS/c1-13-12(16)5-2-3-9(12)10-8-4-6-17-11(8)15-7-14-10/h4,6-7,9,13,16H,2-3,5H2,1H3. The zero-order valence-corrected chi connectivity index (χ0v) is 10.5. The summed E-state index contributed by atoms with van der Waals surface area (Å²) in [7, 11) is 1.81. The smallest absolute Gasteiger partial charge is 0.126 e. The van der Waals surface area contributed by atoms with Crippen molar-refractivity contribution in [3.05, 3.63) is 23.5 Å². The molecular weight excluding hydrogens is 234 g/mol. The van der Waals surface area contributed by atoms with Crippen molar-refractivity contribution in [2.75, 3.05) is 7.05 Å². The molecule has 90 valence electrons. The van der Waals surface area contributed by atoms with Gasteiger partial charge < -0.3 is 5.11 Å². The zero-order chi connectivity index (χ0) is 11.9. The van der Waals surface area contributed by atoms with Crippen molar-refractivity contribution in [3.63, 3.8) is 0 Å². The van der Waals surface area contributed by atoms with Crippen LogP contribution < -0.4 is 5.32 Å². The second-order valence-electron chi connectivity index (χ2n) is 4.52. The summed E-state index contributed by atoms with van der Waals surface area (Å²) in [6, 6.07) is 2.05. The van der Waals surface area contributed by atoms with Gasteiger partial charge in [0.15, 0.2) is 0 Å². The van der Waals surface area contributed by atoms with Crippen LogP contribution in [0.25, 0.3) is 10.2 Å². The number of aliphatic hydroxyl groups is 1. The number of rotatable bonds is 2. The van der Waals surface area contributed by atoms with Gasteiger partial charge in [-0.2, -0.15) is 0 Å². The molecule has 17 heavy (non-hydrogen) atoms. The van der Waals surface area contributed by atoms with Gasteiger partial charge in [-0.3, -0.25) is 5.32 Å². The molecule has 0 radical (unpaired) electrons. The van der Waals surface area contributed by atoms with E-state index in [-0.39, 0.29) is 5.92 Å². The van der Waals surface area contributed by atoms with Crippen LogP contribution in [0.4, 0.5) is 0 Å². The van der Waals surface area contributed by atoms with Gasteiger partial charge in [0.25, 0.3) is 0 Å². The van der Waals surface area contributed by atoms with Gasteiger partial charge in [0.05, 0.1) is 5.69 Å². The number of aromatic nitrogens is 2. The highest BCUT2D eigenvalue weighted by atomic mass is 32.1. The van der Waals surface area contributed by atoms with Crippen molar-refractivity contribution in [1.29, 1.82) is 0 Å². The molecule has 0 spiro atoms. The fraction of sp³-hybridized carbons (Fsp3) is 0.500. The number of hydrogen-bond acceptors (Lipinski definition) is 5. The van der Waals surface area contributed by atoms with Crippen LogP contribution in [0.1, 0.15) is 30.9 Å². The van der Waals surface area contributed by atoms with E-state index < -0.39 is 5.72 Å². The van der Waals surface area contributed by atoms with Crippen LogP contribution in [-0.4, -0.2) is 27.8 Å². The van der Waals surface area contributed by atoms with Crippen LogP contribution in [0.5, 0.6) is 0 Å². The Hall–Kier alpha value is -1.04.